The molecule has 1 unspecified atom stereocenters. The second-order valence-corrected chi connectivity index (χ2v) is 16.5. The molecule has 0 saturated heterocycles. The SMILES string of the molecule is CC/C=C\C/C=C\C/C=C\C/C=C\C/C=C\CCCC(=O)O[C@H](COC(=O)CCCC(=O)/C=C/C=C\C/C=C\C/C=C\CCCCC)COP(=O)(O)OCC[N+](C)(C)C. The van der Waals surface area contributed by atoms with Crippen LogP contribution in [-0.2, 0) is 37.5 Å². The maximum absolute atomic E-state index is 12.7. The smallest absolute Gasteiger partial charge is 0.462 e. The number of rotatable bonds is 37. The van der Waals surface area contributed by atoms with Crippen LogP contribution in [0, 0.1) is 0 Å². The Kier molecular flexibility index (Phi) is 36.1. The van der Waals surface area contributed by atoms with E-state index >= 15 is 0 Å². The summed E-state index contributed by atoms with van der Waals surface area (Å²) in [6.07, 6.45) is 48.7. The summed E-state index contributed by atoms with van der Waals surface area (Å²) in [6, 6.07) is 0. The van der Waals surface area contributed by atoms with Crippen molar-refractivity contribution in [1.82, 2.24) is 0 Å². The van der Waals surface area contributed by atoms with E-state index in [0.717, 1.165) is 51.4 Å². The van der Waals surface area contributed by atoms with E-state index in [1.165, 1.54) is 25.3 Å². The van der Waals surface area contributed by atoms with Gasteiger partial charge in [-0.25, -0.2) is 4.57 Å². The lowest BCUT2D eigenvalue weighted by Crippen LogP contribution is -2.37. The van der Waals surface area contributed by atoms with Gasteiger partial charge < -0.3 is 18.9 Å². The van der Waals surface area contributed by atoms with Gasteiger partial charge in [0.25, 0.3) is 0 Å². The van der Waals surface area contributed by atoms with Crippen LogP contribution >= 0.6 is 7.82 Å². The highest BCUT2D eigenvalue weighted by molar-refractivity contribution is 7.47. The quantitative estimate of drug-likeness (QED) is 0.0124. The number of hydrogen-bond donors (Lipinski definition) is 1. The molecule has 0 aromatic heterocycles. The van der Waals surface area contributed by atoms with Gasteiger partial charge in [-0.15, -0.1) is 0 Å². The van der Waals surface area contributed by atoms with Crippen molar-refractivity contribution in [2.24, 2.45) is 0 Å². The summed E-state index contributed by atoms with van der Waals surface area (Å²) in [5.74, 6) is -1.25. The van der Waals surface area contributed by atoms with Crippen LogP contribution in [0.15, 0.2) is 109 Å². The average molecular weight is 843 g/mol. The monoisotopic (exact) mass is 843 g/mol. The molecular weight excluding hydrogens is 766 g/mol. The van der Waals surface area contributed by atoms with Crippen LogP contribution in [0.1, 0.15) is 123 Å². The molecule has 0 rings (SSSR count). The van der Waals surface area contributed by atoms with E-state index < -0.39 is 32.5 Å². The van der Waals surface area contributed by atoms with E-state index in [0.29, 0.717) is 23.9 Å². The zero-order chi connectivity index (χ0) is 43.7. The summed E-state index contributed by atoms with van der Waals surface area (Å²) in [5.41, 5.74) is 0. The number of carbonyl (C=O) groups is 3. The highest BCUT2D eigenvalue weighted by Gasteiger charge is 2.27. The molecule has 0 aliphatic rings. The molecule has 10 nitrogen and oxygen atoms in total. The van der Waals surface area contributed by atoms with Crippen LogP contribution in [-0.4, -0.2) is 80.7 Å². The summed E-state index contributed by atoms with van der Waals surface area (Å²) < 4.78 is 34.0. The predicted octanol–water partition coefficient (Wildman–Crippen LogP) is 11.5. The molecule has 0 amide bonds. The van der Waals surface area contributed by atoms with Crippen molar-refractivity contribution in [3.05, 3.63) is 109 Å². The van der Waals surface area contributed by atoms with Crippen molar-refractivity contribution in [3.8, 4) is 0 Å². The third-order valence-corrected chi connectivity index (χ3v) is 9.25. The van der Waals surface area contributed by atoms with Crippen molar-refractivity contribution >= 4 is 25.5 Å². The number of carbonyl (C=O) groups excluding carboxylic acids is 3. The molecule has 0 fully saturated rings. The molecule has 0 aromatic carbocycles. The Balaban J connectivity index is 4.69. The lowest BCUT2D eigenvalue weighted by Gasteiger charge is -2.24. The van der Waals surface area contributed by atoms with Gasteiger partial charge in [-0.3, -0.25) is 23.4 Å². The van der Waals surface area contributed by atoms with Gasteiger partial charge in [-0.1, -0.05) is 130 Å². The van der Waals surface area contributed by atoms with Gasteiger partial charge in [-0.05, 0) is 83.1 Å². The van der Waals surface area contributed by atoms with E-state index in [-0.39, 0.29) is 44.7 Å². The van der Waals surface area contributed by atoms with Crippen molar-refractivity contribution < 1.29 is 46.8 Å². The van der Waals surface area contributed by atoms with Crippen LogP contribution in [0.5, 0.6) is 0 Å². The number of esters is 2. The van der Waals surface area contributed by atoms with E-state index in [4.69, 9.17) is 18.5 Å². The zero-order valence-electron chi connectivity index (χ0n) is 36.9. The fourth-order valence-electron chi connectivity index (χ4n) is 4.88. The molecular formula is C48H77NO9P+. The van der Waals surface area contributed by atoms with Gasteiger partial charge >= 0.3 is 19.8 Å². The number of allylic oxidation sites excluding steroid dienone is 18. The van der Waals surface area contributed by atoms with Crippen LogP contribution < -0.4 is 0 Å². The summed E-state index contributed by atoms with van der Waals surface area (Å²) in [7, 11) is 1.29. The molecule has 0 bridgehead atoms. The molecule has 0 saturated carbocycles. The highest BCUT2D eigenvalue weighted by atomic mass is 31.2. The first-order valence-corrected chi connectivity index (χ1v) is 23.1. The topological polar surface area (TPSA) is 125 Å². The van der Waals surface area contributed by atoms with E-state index in [1.54, 1.807) is 6.08 Å². The van der Waals surface area contributed by atoms with Crippen LogP contribution in [0.3, 0.4) is 0 Å². The molecule has 11 heteroatoms. The molecule has 59 heavy (non-hydrogen) atoms. The van der Waals surface area contributed by atoms with E-state index in [9.17, 15) is 23.8 Å². The van der Waals surface area contributed by atoms with E-state index in [2.05, 4.69) is 86.8 Å². The summed E-state index contributed by atoms with van der Waals surface area (Å²) in [5, 5.41) is 0. The van der Waals surface area contributed by atoms with Gasteiger partial charge in [0.05, 0.1) is 27.7 Å². The van der Waals surface area contributed by atoms with Crippen LogP contribution in [0.25, 0.3) is 0 Å². The Bertz CT molecular complexity index is 1430. The van der Waals surface area contributed by atoms with Crippen LogP contribution in [0.2, 0.25) is 0 Å². The zero-order valence-corrected chi connectivity index (χ0v) is 37.8. The lowest BCUT2D eigenvalue weighted by atomic mass is 10.1. The molecule has 1 N–H and O–H groups in total. The summed E-state index contributed by atoms with van der Waals surface area (Å²) in [6.45, 7) is 3.89. The largest absolute Gasteiger partial charge is 0.472 e. The number of ether oxygens (including phenoxy) is 2. The molecule has 0 aliphatic carbocycles. The standard InChI is InChI=1S/C48H76NO9P/c1-6-8-10-12-14-16-18-20-21-22-23-25-27-29-31-33-35-39-48(52)58-46(44-57-59(53,54)56-42-41-49(3,4)5)43-55-47(51)40-36-38-45(50)37-34-32-30-28-26-24-19-17-15-13-11-9-7-2/h8,10,14-17,20-21,23-26,29-32,34,37,46H,6-7,9,11-13,18-19,22,27-28,33,35-36,38-44H2,1-5H3/p+1/b10-8-,16-14-,17-15-,21-20-,25-23-,26-24-,31-29-,32-30-,37-34+/t46-/m1/s1. The second kappa shape index (κ2) is 38.5. The van der Waals surface area contributed by atoms with Gasteiger partial charge in [-0.2, -0.15) is 0 Å². The number of ketones is 1. The molecule has 0 heterocycles. The Morgan fingerprint density at radius 3 is 1.68 bits per heavy atom. The van der Waals surface area contributed by atoms with Crippen molar-refractivity contribution in [2.45, 2.75) is 129 Å². The molecule has 0 aromatic rings. The molecule has 0 radical (unpaired) electrons. The minimum Gasteiger partial charge on any atom is -0.462 e. The maximum Gasteiger partial charge on any atom is 0.472 e. The number of hydrogen-bond acceptors (Lipinski definition) is 8. The summed E-state index contributed by atoms with van der Waals surface area (Å²) >= 11 is 0. The van der Waals surface area contributed by atoms with Gasteiger partial charge in [0.15, 0.2) is 11.9 Å². The molecule has 332 valence electrons. The number of likely N-dealkylation sites (N-methyl/N-ethyl adjacent to an activating group) is 1. The first kappa shape index (κ1) is 55.3. The number of unbranched alkanes of at least 4 members (excludes halogenated alkanes) is 4. The highest BCUT2D eigenvalue weighted by Crippen LogP contribution is 2.43. The first-order chi connectivity index (χ1) is 28.4. The van der Waals surface area contributed by atoms with Gasteiger partial charge in [0, 0.05) is 19.3 Å². The summed E-state index contributed by atoms with van der Waals surface area (Å²) in [4.78, 5) is 47.5. The average Bonchev–Trinajstić information content (AvgIpc) is 3.18. The Morgan fingerprint density at radius 1 is 0.593 bits per heavy atom. The Morgan fingerprint density at radius 2 is 1.12 bits per heavy atom. The minimum atomic E-state index is -4.45. The fourth-order valence-corrected chi connectivity index (χ4v) is 5.62. The van der Waals surface area contributed by atoms with Gasteiger partial charge in [0.2, 0.25) is 0 Å². The first-order valence-electron chi connectivity index (χ1n) is 21.6. The van der Waals surface area contributed by atoms with E-state index in [1.807, 2.05) is 45.4 Å². The normalized spacial score (nSPS) is 14.5. The number of nitrogens with zero attached hydrogens (tertiary/aromatic N) is 1. The molecule has 2 atom stereocenters. The fraction of sp³-hybridized carbons (Fsp3) is 0.562. The third-order valence-electron chi connectivity index (χ3n) is 8.26. The predicted molar refractivity (Wildman–Crippen MR) is 243 cm³/mol. The van der Waals surface area contributed by atoms with Crippen molar-refractivity contribution in [2.75, 3.05) is 47.5 Å². The molecule has 0 spiro atoms. The number of phosphoric acid groups is 1. The maximum atomic E-state index is 12.7. The van der Waals surface area contributed by atoms with Crippen molar-refractivity contribution in [1.29, 1.82) is 0 Å². The Hall–Kier alpha value is -3.66. The second-order valence-electron chi connectivity index (χ2n) is 15.0. The number of quaternary nitrogens is 1. The lowest BCUT2D eigenvalue weighted by molar-refractivity contribution is -0.870. The molecule has 0 aliphatic heterocycles. The van der Waals surface area contributed by atoms with Crippen molar-refractivity contribution in [3.63, 3.8) is 0 Å². The van der Waals surface area contributed by atoms with Gasteiger partial charge in [0.1, 0.15) is 19.8 Å². The third kappa shape index (κ3) is 42.3. The Labute approximate surface area is 357 Å². The number of phosphoric ester groups is 1. The van der Waals surface area contributed by atoms with Crippen LogP contribution in [0.4, 0.5) is 0 Å². The minimum absolute atomic E-state index is 0.0192.